The van der Waals surface area contributed by atoms with Crippen LogP contribution in [-0.2, 0) is 23.3 Å². The number of amides is 1. The van der Waals surface area contributed by atoms with Crippen LogP contribution in [0.25, 0.3) is 0 Å². The van der Waals surface area contributed by atoms with Crippen molar-refractivity contribution >= 4 is 17.3 Å². The van der Waals surface area contributed by atoms with E-state index < -0.39 is 38.1 Å². The van der Waals surface area contributed by atoms with E-state index in [2.05, 4.69) is 10.6 Å². The minimum Gasteiger partial charge on any atom is -0.384 e. The van der Waals surface area contributed by atoms with E-state index in [9.17, 15) is 30.3 Å². The highest BCUT2D eigenvalue weighted by Crippen LogP contribution is 2.53. The van der Waals surface area contributed by atoms with Gasteiger partial charge in [0.1, 0.15) is 17.5 Å². The van der Waals surface area contributed by atoms with Crippen LogP contribution >= 0.6 is 0 Å². The van der Waals surface area contributed by atoms with Crippen LogP contribution < -0.4 is 16.4 Å². The van der Waals surface area contributed by atoms with Crippen molar-refractivity contribution in [2.24, 2.45) is 5.73 Å². The van der Waals surface area contributed by atoms with Gasteiger partial charge in [0.05, 0.1) is 16.4 Å². The van der Waals surface area contributed by atoms with Gasteiger partial charge in [-0.3, -0.25) is 25.0 Å². The normalized spacial score (nSPS) is 18.0. The fourth-order valence-electron chi connectivity index (χ4n) is 5.01. The molecule has 0 bridgehead atoms. The van der Waals surface area contributed by atoms with E-state index in [1.165, 1.54) is 17.0 Å². The largest absolute Gasteiger partial charge is 0.384 e. The van der Waals surface area contributed by atoms with Crippen LogP contribution in [0.5, 0.6) is 0 Å². The predicted molar refractivity (Wildman–Crippen MR) is 140 cm³/mol. The van der Waals surface area contributed by atoms with E-state index in [1.54, 1.807) is 24.3 Å². The Kier molecular flexibility index (Phi) is 6.17. The van der Waals surface area contributed by atoms with Crippen molar-refractivity contribution in [2.75, 3.05) is 5.32 Å². The first-order chi connectivity index (χ1) is 18.8. The highest BCUT2D eigenvalue weighted by molar-refractivity contribution is 6.12. The van der Waals surface area contributed by atoms with Crippen LogP contribution in [0.3, 0.4) is 0 Å². The van der Waals surface area contributed by atoms with Gasteiger partial charge in [-0.05, 0) is 17.2 Å². The molecule has 39 heavy (non-hydrogen) atoms. The predicted octanol–water partition coefficient (Wildman–Crippen LogP) is 3.23. The number of nitrogens with one attached hydrogen (secondary N) is 2. The van der Waals surface area contributed by atoms with E-state index in [4.69, 9.17) is 5.73 Å². The summed E-state index contributed by atoms with van der Waals surface area (Å²) in [6, 6.07) is 23.5. The van der Waals surface area contributed by atoms with Gasteiger partial charge < -0.3 is 21.3 Å². The van der Waals surface area contributed by atoms with Crippen molar-refractivity contribution in [3.05, 3.63) is 139 Å². The molecule has 0 aromatic heterocycles. The molecule has 12 heteroatoms. The van der Waals surface area contributed by atoms with Gasteiger partial charge in [-0.1, -0.05) is 60.7 Å². The van der Waals surface area contributed by atoms with Crippen LogP contribution in [0.4, 0.5) is 11.4 Å². The summed E-state index contributed by atoms with van der Waals surface area (Å²) in [6.45, 7) is 0.180. The molecule has 2 aliphatic heterocycles. The molecule has 4 N–H and O–H groups in total. The molecule has 1 spiro atoms. The van der Waals surface area contributed by atoms with Crippen LogP contribution in [0.1, 0.15) is 16.7 Å². The summed E-state index contributed by atoms with van der Waals surface area (Å²) >= 11 is 0. The van der Waals surface area contributed by atoms with E-state index in [1.807, 2.05) is 42.5 Å². The quantitative estimate of drug-likeness (QED) is 0.309. The van der Waals surface area contributed by atoms with Crippen LogP contribution in [-0.4, -0.2) is 20.7 Å². The second-order valence-electron chi connectivity index (χ2n) is 8.93. The summed E-state index contributed by atoms with van der Waals surface area (Å²) < 4.78 is 0. The number of non-ortho nitro benzene ring substituents is 1. The molecule has 2 aliphatic rings. The molecule has 0 aliphatic carbocycles. The Morgan fingerprint density at radius 2 is 1.62 bits per heavy atom. The molecule has 5 rings (SSSR count). The Balaban J connectivity index is 1.79. The first-order valence-electron chi connectivity index (χ1n) is 11.8. The molecule has 0 fully saturated rings. The van der Waals surface area contributed by atoms with Gasteiger partial charge in [-0.25, -0.2) is 0 Å². The summed E-state index contributed by atoms with van der Waals surface area (Å²) in [6.07, 6.45) is 0. The highest BCUT2D eigenvalue weighted by atomic mass is 16.6. The molecule has 0 saturated heterocycles. The molecular weight excluding hydrogens is 502 g/mol. The molecule has 194 valence electrons. The summed E-state index contributed by atoms with van der Waals surface area (Å²) in [5, 5.41) is 40.4. The smallest absolute Gasteiger partial charge is 0.311 e. The fraction of sp³-hybridized carbons (Fsp3) is 0.111. The third kappa shape index (κ3) is 3.98. The number of carbonyl (C=O) groups is 1. The summed E-state index contributed by atoms with van der Waals surface area (Å²) in [4.78, 5) is 38.1. The topological polar surface area (TPSA) is 180 Å². The summed E-state index contributed by atoms with van der Waals surface area (Å²) in [5.41, 5.74) is 4.33. The highest BCUT2D eigenvalue weighted by Gasteiger charge is 2.64. The lowest BCUT2D eigenvalue weighted by atomic mass is 9.70. The Morgan fingerprint density at radius 3 is 2.21 bits per heavy atom. The van der Waals surface area contributed by atoms with E-state index in [0.717, 1.165) is 17.2 Å². The molecule has 0 radical (unpaired) electrons. The van der Waals surface area contributed by atoms with Crippen molar-refractivity contribution in [1.82, 2.24) is 10.2 Å². The zero-order valence-corrected chi connectivity index (χ0v) is 20.3. The SMILES string of the molecule is N#CC1=C(N)N(Cc2ccccc2)C(NCc2ccccc2)=C([N+](=O)[O-])C12C(=O)Nc1ccc([N+](=O)[O-])cc12. The first kappa shape index (κ1) is 25.0. The molecule has 0 saturated carbocycles. The number of benzene rings is 3. The number of nitriles is 1. The Morgan fingerprint density at radius 1 is 0.974 bits per heavy atom. The van der Waals surface area contributed by atoms with Crippen LogP contribution in [0.15, 0.2) is 102 Å². The maximum atomic E-state index is 13.7. The van der Waals surface area contributed by atoms with Crippen molar-refractivity contribution in [1.29, 1.82) is 5.26 Å². The van der Waals surface area contributed by atoms with Crippen LogP contribution in [0.2, 0.25) is 0 Å². The van der Waals surface area contributed by atoms with Gasteiger partial charge in [0.25, 0.3) is 11.6 Å². The molecule has 1 atom stereocenters. The van der Waals surface area contributed by atoms with E-state index >= 15 is 0 Å². The summed E-state index contributed by atoms with van der Waals surface area (Å²) in [7, 11) is 0. The maximum absolute atomic E-state index is 13.7. The van der Waals surface area contributed by atoms with Gasteiger partial charge in [0, 0.05) is 29.9 Å². The number of nitro benzene ring substituents is 1. The average molecular weight is 524 g/mol. The molecule has 1 unspecified atom stereocenters. The third-order valence-electron chi connectivity index (χ3n) is 6.76. The number of carbonyl (C=O) groups excluding carboxylic acids is 1. The second kappa shape index (κ2) is 9.64. The number of nitrogens with two attached hydrogens (primary N) is 1. The average Bonchev–Trinajstić information content (AvgIpc) is 3.21. The number of rotatable bonds is 7. The monoisotopic (exact) mass is 523 g/mol. The number of hydrogen-bond donors (Lipinski definition) is 3. The zero-order chi connectivity index (χ0) is 27.7. The number of anilines is 1. The zero-order valence-electron chi connectivity index (χ0n) is 20.3. The first-order valence-corrected chi connectivity index (χ1v) is 11.8. The van der Waals surface area contributed by atoms with E-state index in [0.29, 0.717) is 0 Å². The molecule has 12 nitrogen and oxygen atoms in total. The molecule has 3 aromatic carbocycles. The van der Waals surface area contributed by atoms with Gasteiger partial charge in [0.2, 0.25) is 5.41 Å². The number of hydrogen-bond acceptors (Lipinski definition) is 9. The number of nitro groups is 2. The van der Waals surface area contributed by atoms with Gasteiger partial charge >= 0.3 is 5.70 Å². The van der Waals surface area contributed by atoms with E-state index in [-0.39, 0.29) is 36.0 Å². The van der Waals surface area contributed by atoms with Gasteiger partial charge in [0.15, 0.2) is 5.82 Å². The van der Waals surface area contributed by atoms with Gasteiger partial charge in [-0.15, -0.1) is 0 Å². The summed E-state index contributed by atoms with van der Waals surface area (Å²) in [5.74, 6) is -1.18. The number of nitrogens with zero attached hydrogens (tertiary/aromatic N) is 4. The van der Waals surface area contributed by atoms with Crippen LogP contribution in [0, 0.1) is 31.6 Å². The maximum Gasteiger partial charge on any atom is 0.311 e. The van der Waals surface area contributed by atoms with Gasteiger partial charge in [-0.2, -0.15) is 5.26 Å². The van der Waals surface area contributed by atoms with Crippen molar-refractivity contribution < 1.29 is 14.6 Å². The molecule has 3 aromatic rings. The lowest BCUT2D eigenvalue weighted by molar-refractivity contribution is -0.435. The minimum absolute atomic E-state index is 0.0474. The standard InChI is InChI=1S/C27H21N7O5/c28-14-21-24(29)32(16-18-9-5-2-6-10-18)25(30-15-17-7-3-1-4-8-17)23(34(38)39)27(21)20-13-19(33(36)37)11-12-22(20)31-26(27)35/h1-13,30H,15-16,29H2,(H,31,35). The second-order valence-corrected chi connectivity index (χ2v) is 8.93. The van der Waals surface area contributed by atoms with Crippen molar-refractivity contribution in [3.63, 3.8) is 0 Å². The Bertz CT molecular complexity index is 1610. The molecular formula is C27H21N7O5. The fourth-order valence-corrected chi connectivity index (χ4v) is 5.01. The molecule has 2 heterocycles. The number of fused-ring (bicyclic) bond motifs is 2. The van der Waals surface area contributed by atoms with Crippen molar-refractivity contribution in [3.8, 4) is 6.07 Å². The lowest BCUT2D eigenvalue weighted by Crippen LogP contribution is -2.51. The lowest BCUT2D eigenvalue weighted by Gasteiger charge is -2.38. The minimum atomic E-state index is -2.32. The Labute approximate surface area is 221 Å². The van der Waals surface area contributed by atoms with Crippen molar-refractivity contribution in [2.45, 2.75) is 18.5 Å². The third-order valence-corrected chi connectivity index (χ3v) is 6.76. The Hall–Kier alpha value is -5.70. The molecule has 1 amide bonds.